The van der Waals surface area contributed by atoms with E-state index in [1.165, 1.54) is 5.56 Å². The van der Waals surface area contributed by atoms with Crippen molar-refractivity contribution in [2.45, 2.75) is 32.2 Å². The van der Waals surface area contributed by atoms with Crippen LogP contribution in [0.25, 0.3) is 0 Å². The Morgan fingerprint density at radius 3 is 2.82 bits per heavy atom. The molecule has 0 saturated heterocycles. The monoisotopic (exact) mass is 275 g/mol. The second kappa shape index (κ2) is 9.63. The van der Waals surface area contributed by atoms with Crippen LogP contribution in [0, 0.1) is 0 Å². The maximum atomic E-state index is 5.77. The highest BCUT2D eigenvalue weighted by atomic mass is 35.5. The molecule has 2 nitrogen and oxygen atoms in total. The molecule has 4 heteroatoms. The van der Waals surface area contributed by atoms with Crippen LogP contribution in [-0.2, 0) is 6.42 Å². The highest BCUT2D eigenvalue weighted by Gasteiger charge is 2.00. The van der Waals surface area contributed by atoms with Crippen molar-refractivity contribution in [3.63, 3.8) is 0 Å². The van der Waals surface area contributed by atoms with Gasteiger partial charge < -0.3 is 10.5 Å². The van der Waals surface area contributed by atoms with E-state index in [9.17, 15) is 0 Å². The van der Waals surface area contributed by atoms with Crippen LogP contribution in [0.3, 0.4) is 0 Å². The Labute approximate surface area is 116 Å². The zero-order valence-electron chi connectivity index (χ0n) is 10.3. The summed E-state index contributed by atoms with van der Waals surface area (Å²) in [5.41, 5.74) is 7.08. The maximum absolute atomic E-state index is 5.77. The van der Waals surface area contributed by atoms with Gasteiger partial charge in [0.15, 0.2) is 0 Å². The minimum absolute atomic E-state index is 0. The zero-order chi connectivity index (χ0) is 11.8. The van der Waals surface area contributed by atoms with E-state index >= 15 is 0 Å². The van der Waals surface area contributed by atoms with Crippen LogP contribution < -0.4 is 10.5 Å². The van der Waals surface area contributed by atoms with Gasteiger partial charge in [0.05, 0.1) is 6.61 Å². The third-order valence-corrected chi connectivity index (χ3v) is 3.00. The molecule has 17 heavy (non-hydrogen) atoms. The number of hydrogen-bond donors (Lipinski definition) is 2. The standard InChI is InChI=1S/C13H21NOS.ClH/c1-2-11-5-3-7-13(9-11)15-8-4-6-12(14)10-16;/h3,5,7,9,12,16H,2,4,6,8,10,14H2,1H3;1H. The van der Waals surface area contributed by atoms with Crippen LogP contribution in [0.2, 0.25) is 0 Å². The molecule has 0 radical (unpaired) electrons. The van der Waals surface area contributed by atoms with E-state index in [-0.39, 0.29) is 18.4 Å². The van der Waals surface area contributed by atoms with Crippen molar-refractivity contribution < 1.29 is 4.74 Å². The van der Waals surface area contributed by atoms with Crippen molar-refractivity contribution in [2.75, 3.05) is 12.4 Å². The first-order valence-electron chi connectivity index (χ1n) is 5.84. The topological polar surface area (TPSA) is 35.2 Å². The van der Waals surface area contributed by atoms with Gasteiger partial charge in [-0.1, -0.05) is 19.1 Å². The lowest BCUT2D eigenvalue weighted by Crippen LogP contribution is -2.22. The van der Waals surface area contributed by atoms with Crippen LogP contribution >= 0.6 is 25.0 Å². The number of rotatable bonds is 7. The summed E-state index contributed by atoms with van der Waals surface area (Å²) in [6.45, 7) is 2.87. The molecule has 1 atom stereocenters. The summed E-state index contributed by atoms with van der Waals surface area (Å²) in [4.78, 5) is 0. The quantitative estimate of drug-likeness (QED) is 0.592. The molecule has 0 heterocycles. The number of nitrogens with two attached hydrogens (primary N) is 1. The first-order chi connectivity index (χ1) is 7.76. The third kappa shape index (κ3) is 6.81. The smallest absolute Gasteiger partial charge is 0.119 e. The molecule has 0 spiro atoms. The van der Waals surface area contributed by atoms with Gasteiger partial charge in [0.2, 0.25) is 0 Å². The van der Waals surface area contributed by atoms with E-state index in [0.29, 0.717) is 0 Å². The molecule has 0 saturated carbocycles. The highest BCUT2D eigenvalue weighted by molar-refractivity contribution is 7.80. The predicted molar refractivity (Wildman–Crippen MR) is 79.6 cm³/mol. The molecule has 0 amide bonds. The number of hydrogen-bond acceptors (Lipinski definition) is 3. The fraction of sp³-hybridized carbons (Fsp3) is 0.538. The van der Waals surface area contributed by atoms with Crippen molar-refractivity contribution in [3.8, 4) is 5.75 Å². The largest absolute Gasteiger partial charge is 0.494 e. The Hall–Kier alpha value is -0.380. The van der Waals surface area contributed by atoms with Gasteiger partial charge in [0.25, 0.3) is 0 Å². The zero-order valence-corrected chi connectivity index (χ0v) is 12.0. The summed E-state index contributed by atoms with van der Waals surface area (Å²) in [6.07, 6.45) is 3.00. The van der Waals surface area contributed by atoms with E-state index in [0.717, 1.165) is 37.4 Å². The summed E-state index contributed by atoms with van der Waals surface area (Å²) in [7, 11) is 0. The average Bonchev–Trinajstić information content (AvgIpc) is 2.34. The Kier molecular flexibility index (Phi) is 9.41. The summed E-state index contributed by atoms with van der Waals surface area (Å²) in [5, 5.41) is 0. The van der Waals surface area contributed by atoms with Crippen molar-refractivity contribution in [2.24, 2.45) is 5.73 Å². The third-order valence-electron chi connectivity index (χ3n) is 2.53. The van der Waals surface area contributed by atoms with E-state index in [1.807, 2.05) is 12.1 Å². The summed E-state index contributed by atoms with van der Waals surface area (Å²) >= 11 is 4.15. The Morgan fingerprint density at radius 1 is 1.41 bits per heavy atom. The minimum atomic E-state index is 0. The van der Waals surface area contributed by atoms with Gasteiger partial charge in [-0.05, 0) is 37.0 Å². The molecule has 0 bridgehead atoms. The second-order valence-corrected chi connectivity index (χ2v) is 4.30. The molecule has 0 aromatic heterocycles. The molecule has 0 fully saturated rings. The SMILES string of the molecule is CCc1cccc(OCCCC(N)CS)c1.Cl. The molecule has 98 valence electrons. The molecular formula is C13H22ClNOS. The van der Waals surface area contributed by atoms with Gasteiger partial charge in [-0.2, -0.15) is 12.6 Å². The maximum Gasteiger partial charge on any atom is 0.119 e. The highest BCUT2D eigenvalue weighted by Crippen LogP contribution is 2.14. The van der Waals surface area contributed by atoms with Crippen LogP contribution in [-0.4, -0.2) is 18.4 Å². The van der Waals surface area contributed by atoms with Gasteiger partial charge in [0, 0.05) is 11.8 Å². The van der Waals surface area contributed by atoms with Crippen molar-refractivity contribution in [3.05, 3.63) is 29.8 Å². The normalized spacial score (nSPS) is 11.7. The molecular weight excluding hydrogens is 254 g/mol. The van der Waals surface area contributed by atoms with Crippen LogP contribution in [0.1, 0.15) is 25.3 Å². The Balaban J connectivity index is 0.00000256. The second-order valence-electron chi connectivity index (χ2n) is 3.93. The predicted octanol–water partition coefficient (Wildman–Crippen LogP) is 3.09. The van der Waals surface area contributed by atoms with Crippen LogP contribution in [0.4, 0.5) is 0 Å². The lowest BCUT2D eigenvalue weighted by Gasteiger charge is -2.10. The average molecular weight is 276 g/mol. The number of halogens is 1. The van der Waals surface area contributed by atoms with Gasteiger partial charge in [-0.25, -0.2) is 0 Å². The van der Waals surface area contributed by atoms with Gasteiger partial charge in [-0.15, -0.1) is 12.4 Å². The fourth-order valence-corrected chi connectivity index (χ4v) is 1.66. The first kappa shape index (κ1) is 16.6. The first-order valence-corrected chi connectivity index (χ1v) is 6.47. The van der Waals surface area contributed by atoms with Crippen molar-refractivity contribution in [1.29, 1.82) is 0 Å². The molecule has 1 rings (SSSR count). The van der Waals surface area contributed by atoms with E-state index in [1.54, 1.807) is 0 Å². The number of ether oxygens (including phenoxy) is 1. The van der Waals surface area contributed by atoms with Gasteiger partial charge in [-0.3, -0.25) is 0 Å². The van der Waals surface area contributed by atoms with E-state index in [2.05, 4.69) is 31.7 Å². The summed E-state index contributed by atoms with van der Waals surface area (Å²) in [5.74, 6) is 1.70. The molecule has 0 aliphatic carbocycles. The lowest BCUT2D eigenvalue weighted by atomic mass is 10.1. The van der Waals surface area contributed by atoms with Gasteiger partial charge >= 0.3 is 0 Å². The summed E-state index contributed by atoms with van der Waals surface area (Å²) < 4.78 is 5.66. The van der Waals surface area contributed by atoms with Crippen molar-refractivity contribution >= 4 is 25.0 Å². The van der Waals surface area contributed by atoms with Gasteiger partial charge in [0.1, 0.15) is 5.75 Å². The van der Waals surface area contributed by atoms with Crippen LogP contribution in [0.15, 0.2) is 24.3 Å². The molecule has 2 N–H and O–H groups in total. The number of thiol groups is 1. The van der Waals surface area contributed by atoms with E-state index in [4.69, 9.17) is 10.5 Å². The lowest BCUT2D eigenvalue weighted by molar-refractivity contribution is 0.303. The van der Waals surface area contributed by atoms with Crippen molar-refractivity contribution in [1.82, 2.24) is 0 Å². The molecule has 1 unspecified atom stereocenters. The summed E-state index contributed by atoms with van der Waals surface area (Å²) in [6, 6.07) is 8.43. The number of benzene rings is 1. The van der Waals surface area contributed by atoms with E-state index < -0.39 is 0 Å². The molecule has 0 aliphatic rings. The number of aryl methyl sites for hydroxylation is 1. The molecule has 0 aliphatic heterocycles. The van der Waals surface area contributed by atoms with Crippen LogP contribution in [0.5, 0.6) is 5.75 Å². The minimum Gasteiger partial charge on any atom is -0.494 e. The Bertz CT molecular complexity index is 309. The molecule has 1 aromatic rings. The Morgan fingerprint density at radius 2 is 2.18 bits per heavy atom. The molecule has 1 aromatic carbocycles. The fourth-order valence-electron chi connectivity index (χ4n) is 1.48.